The number of nitrogens with zero attached hydrogens (tertiary/aromatic N) is 4. The Balaban J connectivity index is 2.01. The van der Waals surface area contributed by atoms with Gasteiger partial charge in [0.25, 0.3) is 0 Å². The highest BCUT2D eigenvalue weighted by Gasteiger charge is 2.21. The van der Waals surface area contributed by atoms with Crippen molar-refractivity contribution in [2.24, 2.45) is 0 Å². The van der Waals surface area contributed by atoms with Crippen LogP contribution in [0, 0.1) is 0 Å². The second kappa shape index (κ2) is 6.55. The number of rotatable bonds is 5. The molecule has 0 bridgehead atoms. The number of benzene rings is 1. The zero-order valence-corrected chi connectivity index (χ0v) is 13.8. The summed E-state index contributed by atoms with van der Waals surface area (Å²) in [6, 6.07) is 6.70. The highest BCUT2D eigenvalue weighted by Crippen LogP contribution is 2.31. The molecular weight excluding hydrogens is 336 g/mol. The molecule has 0 aliphatic carbocycles. The number of carboxylic acid groups (broad SMARTS) is 1. The summed E-state index contributed by atoms with van der Waals surface area (Å²) in [5, 5.41) is 10.7. The summed E-state index contributed by atoms with van der Waals surface area (Å²) in [6.07, 6.45) is 3.38. The monoisotopic (exact) mass is 348 g/mol. The number of imidazole rings is 1. The van der Waals surface area contributed by atoms with Crippen molar-refractivity contribution < 1.29 is 9.90 Å². The van der Waals surface area contributed by atoms with Crippen LogP contribution in [-0.4, -0.2) is 30.6 Å². The van der Waals surface area contributed by atoms with E-state index in [0.29, 0.717) is 27.6 Å². The molecule has 0 aliphatic heterocycles. The lowest BCUT2D eigenvalue weighted by molar-refractivity contribution is -0.140. The average molecular weight is 349 g/mol. The zero-order chi connectivity index (χ0) is 16.4. The number of aromatic nitrogens is 4. The lowest BCUT2D eigenvalue weighted by Crippen LogP contribution is -2.17. The molecule has 2 aromatic heterocycles. The van der Waals surface area contributed by atoms with Crippen molar-refractivity contribution in [3.05, 3.63) is 41.9 Å². The molecule has 8 heteroatoms. The fourth-order valence-electron chi connectivity index (χ4n) is 2.24. The van der Waals surface area contributed by atoms with Gasteiger partial charge in [-0.2, -0.15) is 0 Å². The maximum absolute atomic E-state index is 11.4. The highest BCUT2D eigenvalue weighted by molar-refractivity contribution is 7.99. The molecule has 0 radical (unpaired) electrons. The number of carbonyl (C=O) groups is 1. The molecule has 1 aromatic carbocycles. The van der Waals surface area contributed by atoms with Gasteiger partial charge in [0.05, 0.1) is 6.33 Å². The van der Waals surface area contributed by atoms with E-state index in [1.807, 2.05) is 19.1 Å². The molecule has 0 amide bonds. The van der Waals surface area contributed by atoms with Crippen LogP contribution in [0.5, 0.6) is 0 Å². The van der Waals surface area contributed by atoms with Crippen molar-refractivity contribution in [3.8, 4) is 0 Å². The maximum atomic E-state index is 11.4. The molecule has 1 atom stereocenters. The number of hydrogen-bond donors (Lipinski definition) is 1. The molecule has 3 rings (SSSR count). The third-order valence-corrected chi connectivity index (χ3v) is 4.61. The molecule has 118 valence electrons. The molecule has 2 heterocycles. The Morgan fingerprint density at radius 2 is 2.04 bits per heavy atom. The molecule has 0 aliphatic rings. The molecule has 0 spiro atoms. The average Bonchev–Trinajstić information content (AvgIpc) is 2.95. The Bertz CT molecular complexity index is 850. The summed E-state index contributed by atoms with van der Waals surface area (Å²) < 4.78 is 1.57. The number of halogens is 1. The number of carboxylic acids is 1. The SMILES string of the molecule is CCC(C(=O)O)n1cnc2c(Sc3ccc(Cl)cc3)ncnc21. The minimum Gasteiger partial charge on any atom is -0.480 e. The van der Waals surface area contributed by atoms with E-state index >= 15 is 0 Å². The minimum atomic E-state index is -0.905. The van der Waals surface area contributed by atoms with E-state index in [4.69, 9.17) is 11.6 Å². The van der Waals surface area contributed by atoms with Gasteiger partial charge in [0.1, 0.15) is 22.9 Å². The number of hydrogen-bond acceptors (Lipinski definition) is 5. The first kappa shape index (κ1) is 15.8. The summed E-state index contributed by atoms with van der Waals surface area (Å²) in [5.41, 5.74) is 1.11. The van der Waals surface area contributed by atoms with Gasteiger partial charge in [-0.1, -0.05) is 30.3 Å². The Labute approximate surface area is 141 Å². The van der Waals surface area contributed by atoms with Crippen LogP contribution in [0.25, 0.3) is 11.2 Å². The van der Waals surface area contributed by atoms with Crippen LogP contribution in [0.3, 0.4) is 0 Å². The van der Waals surface area contributed by atoms with E-state index in [-0.39, 0.29) is 0 Å². The Kier molecular flexibility index (Phi) is 4.49. The van der Waals surface area contributed by atoms with Crippen LogP contribution >= 0.6 is 23.4 Å². The van der Waals surface area contributed by atoms with Gasteiger partial charge in [-0.15, -0.1) is 0 Å². The largest absolute Gasteiger partial charge is 0.480 e. The van der Waals surface area contributed by atoms with Crippen LogP contribution in [-0.2, 0) is 4.79 Å². The van der Waals surface area contributed by atoms with Crippen molar-refractivity contribution in [2.75, 3.05) is 0 Å². The molecule has 0 saturated carbocycles. The normalized spacial score (nSPS) is 12.4. The van der Waals surface area contributed by atoms with E-state index in [9.17, 15) is 9.90 Å². The Morgan fingerprint density at radius 1 is 1.30 bits per heavy atom. The van der Waals surface area contributed by atoms with E-state index in [2.05, 4.69) is 15.0 Å². The highest BCUT2D eigenvalue weighted by atomic mass is 35.5. The summed E-state index contributed by atoms with van der Waals surface area (Å²) in [6.45, 7) is 1.81. The van der Waals surface area contributed by atoms with Crippen LogP contribution in [0.2, 0.25) is 5.02 Å². The molecule has 0 saturated heterocycles. The van der Waals surface area contributed by atoms with Gasteiger partial charge < -0.3 is 9.67 Å². The van der Waals surface area contributed by atoms with Crippen LogP contribution in [0.4, 0.5) is 0 Å². The van der Waals surface area contributed by atoms with Crippen molar-refractivity contribution in [1.29, 1.82) is 0 Å². The first-order chi connectivity index (χ1) is 11.1. The predicted molar refractivity (Wildman–Crippen MR) is 87.9 cm³/mol. The van der Waals surface area contributed by atoms with E-state index in [1.165, 1.54) is 24.4 Å². The summed E-state index contributed by atoms with van der Waals surface area (Å²) in [5.74, 6) is -0.905. The first-order valence-electron chi connectivity index (χ1n) is 6.94. The first-order valence-corrected chi connectivity index (χ1v) is 8.13. The van der Waals surface area contributed by atoms with E-state index < -0.39 is 12.0 Å². The molecule has 23 heavy (non-hydrogen) atoms. The van der Waals surface area contributed by atoms with Crippen molar-refractivity contribution >= 4 is 40.5 Å². The molecule has 0 fully saturated rings. The Morgan fingerprint density at radius 3 is 2.70 bits per heavy atom. The van der Waals surface area contributed by atoms with Gasteiger partial charge in [0.15, 0.2) is 5.65 Å². The second-order valence-corrected chi connectivity index (χ2v) is 6.32. The van der Waals surface area contributed by atoms with Gasteiger partial charge in [0.2, 0.25) is 0 Å². The predicted octanol–water partition coefficient (Wildman–Crippen LogP) is 3.67. The lowest BCUT2D eigenvalue weighted by Gasteiger charge is -2.11. The summed E-state index contributed by atoms with van der Waals surface area (Å²) >= 11 is 7.32. The molecule has 6 nitrogen and oxygen atoms in total. The second-order valence-electron chi connectivity index (χ2n) is 4.82. The number of aliphatic carboxylic acids is 1. The Hall–Kier alpha value is -2.12. The lowest BCUT2D eigenvalue weighted by atomic mass is 10.2. The van der Waals surface area contributed by atoms with Gasteiger partial charge in [-0.25, -0.2) is 19.7 Å². The molecule has 1 unspecified atom stereocenters. The van der Waals surface area contributed by atoms with Gasteiger partial charge in [0, 0.05) is 9.92 Å². The standard InChI is InChI=1S/C15H13ClN4O2S/c1-2-11(15(21)22)20-8-19-12-13(20)17-7-18-14(12)23-10-5-3-9(16)4-6-10/h3-8,11H,2H2,1H3,(H,21,22). The van der Waals surface area contributed by atoms with Crippen molar-refractivity contribution in [3.63, 3.8) is 0 Å². The van der Waals surface area contributed by atoms with Crippen LogP contribution in [0.15, 0.2) is 46.8 Å². The fraction of sp³-hybridized carbons (Fsp3) is 0.200. The van der Waals surface area contributed by atoms with E-state index in [0.717, 1.165) is 4.90 Å². The van der Waals surface area contributed by atoms with Gasteiger partial charge >= 0.3 is 5.97 Å². The minimum absolute atomic E-state index is 0.449. The van der Waals surface area contributed by atoms with Gasteiger partial charge in [-0.05, 0) is 30.7 Å². The zero-order valence-electron chi connectivity index (χ0n) is 12.2. The van der Waals surface area contributed by atoms with E-state index in [1.54, 1.807) is 16.7 Å². The third kappa shape index (κ3) is 3.16. The summed E-state index contributed by atoms with van der Waals surface area (Å²) in [7, 11) is 0. The number of fused-ring (bicyclic) bond motifs is 1. The van der Waals surface area contributed by atoms with Gasteiger partial charge in [-0.3, -0.25) is 0 Å². The van der Waals surface area contributed by atoms with Crippen molar-refractivity contribution in [1.82, 2.24) is 19.5 Å². The molecule has 1 N–H and O–H groups in total. The van der Waals surface area contributed by atoms with Crippen molar-refractivity contribution in [2.45, 2.75) is 29.3 Å². The maximum Gasteiger partial charge on any atom is 0.326 e. The molecular formula is C15H13ClN4O2S. The molecule has 3 aromatic rings. The quantitative estimate of drug-likeness (QED) is 0.708. The van der Waals surface area contributed by atoms with Crippen LogP contribution < -0.4 is 0 Å². The fourth-order valence-corrected chi connectivity index (χ4v) is 3.20. The smallest absolute Gasteiger partial charge is 0.326 e. The third-order valence-electron chi connectivity index (χ3n) is 3.36. The summed E-state index contributed by atoms with van der Waals surface area (Å²) in [4.78, 5) is 25.1. The van der Waals surface area contributed by atoms with Crippen LogP contribution in [0.1, 0.15) is 19.4 Å². The topological polar surface area (TPSA) is 80.9 Å².